The van der Waals surface area contributed by atoms with Gasteiger partial charge in [0.1, 0.15) is 5.75 Å². The van der Waals surface area contributed by atoms with E-state index in [9.17, 15) is 19.5 Å². The second kappa shape index (κ2) is 8.88. The van der Waals surface area contributed by atoms with E-state index < -0.39 is 17.9 Å². The quantitative estimate of drug-likeness (QED) is 0.677. The monoisotopic (exact) mass is 374 g/mol. The topological polar surface area (TPSA) is 105 Å². The Morgan fingerprint density at radius 3 is 2.67 bits per heavy atom. The van der Waals surface area contributed by atoms with E-state index in [0.717, 1.165) is 43.4 Å². The number of carboxylic acids is 1. The number of benzene rings is 1. The predicted molar refractivity (Wildman–Crippen MR) is 98.4 cm³/mol. The average Bonchev–Trinajstić information content (AvgIpc) is 3.13. The van der Waals surface area contributed by atoms with Crippen LogP contribution in [0, 0.1) is 5.92 Å². The smallest absolute Gasteiger partial charge is 0.330 e. The molecule has 0 bridgehead atoms. The molecule has 7 heteroatoms. The highest BCUT2D eigenvalue weighted by Crippen LogP contribution is 2.28. The van der Waals surface area contributed by atoms with Gasteiger partial charge in [0.05, 0.1) is 13.2 Å². The van der Waals surface area contributed by atoms with Crippen LogP contribution >= 0.6 is 0 Å². The third kappa shape index (κ3) is 5.21. The molecule has 0 aromatic heterocycles. The number of aliphatic carboxylic acids is 1. The molecule has 0 saturated heterocycles. The molecule has 1 aliphatic carbocycles. The summed E-state index contributed by atoms with van der Waals surface area (Å²) < 4.78 is 5.42. The van der Waals surface area contributed by atoms with Crippen LogP contribution in [0.15, 0.2) is 18.2 Å². The fourth-order valence-corrected chi connectivity index (χ4v) is 3.79. The zero-order valence-corrected chi connectivity index (χ0v) is 15.3. The Kier molecular flexibility index (Phi) is 6.32. The number of nitrogens with one attached hydrogen (secondary N) is 2. The van der Waals surface area contributed by atoms with E-state index in [2.05, 4.69) is 10.6 Å². The summed E-state index contributed by atoms with van der Waals surface area (Å²) in [6.45, 7) is 0.360. The Hall–Kier alpha value is -2.57. The van der Waals surface area contributed by atoms with Gasteiger partial charge >= 0.3 is 5.97 Å². The van der Waals surface area contributed by atoms with Gasteiger partial charge in [-0.05, 0) is 42.0 Å². The molecule has 1 atom stereocenters. The molecule has 0 spiro atoms. The van der Waals surface area contributed by atoms with Crippen molar-refractivity contribution in [1.82, 2.24) is 10.6 Å². The van der Waals surface area contributed by atoms with Crippen LogP contribution in [-0.2, 0) is 20.8 Å². The molecule has 2 aliphatic rings. The Balaban J connectivity index is 1.51. The standard InChI is InChI=1S/C20H26N2O5/c23-17(10-13-4-2-1-3-5-13)21-12-18(24)22-19(20(25)26)15-6-7-16-14(11-15)8-9-27-16/h6-7,11,13,19H,1-5,8-10,12H2,(H,21,23)(H,22,24)(H,25,26). The largest absolute Gasteiger partial charge is 0.493 e. The summed E-state index contributed by atoms with van der Waals surface area (Å²) in [6.07, 6.45) is 6.81. The molecule has 1 unspecified atom stereocenters. The highest BCUT2D eigenvalue weighted by atomic mass is 16.5. The van der Waals surface area contributed by atoms with Crippen molar-refractivity contribution >= 4 is 17.8 Å². The maximum atomic E-state index is 12.1. The van der Waals surface area contributed by atoms with Gasteiger partial charge in [0.2, 0.25) is 11.8 Å². The number of amides is 2. The summed E-state index contributed by atoms with van der Waals surface area (Å²) in [5, 5.41) is 14.6. The molecule has 0 radical (unpaired) electrons. The second-order valence-electron chi connectivity index (χ2n) is 7.29. The van der Waals surface area contributed by atoms with Crippen molar-refractivity contribution in [2.75, 3.05) is 13.2 Å². The first-order valence-electron chi connectivity index (χ1n) is 9.57. The van der Waals surface area contributed by atoms with Gasteiger partial charge in [-0.3, -0.25) is 9.59 Å². The summed E-state index contributed by atoms with van der Waals surface area (Å²) >= 11 is 0. The third-order valence-corrected chi connectivity index (χ3v) is 5.24. The molecule has 3 rings (SSSR count). The predicted octanol–water partition coefficient (Wildman–Crippen LogP) is 1.95. The molecule has 3 N–H and O–H groups in total. The summed E-state index contributed by atoms with van der Waals surface area (Å²) in [7, 11) is 0. The van der Waals surface area contributed by atoms with Gasteiger partial charge in [0.25, 0.3) is 0 Å². The van der Waals surface area contributed by atoms with Crippen molar-refractivity contribution < 1.29 is 24.2 Å². The lowest BCUT2D eigenvalue weighted by Crippen LogP contribution is -2.41. The minimum atomic E-state index is -1.15. The minimum absolute atomic E-state index is 0.154. The van der Waals surface area contributed by atoms with Gasteiger partial charge in [-0.2, -0.15) is 0 Å². The average molecular weight is 374 g/mol. The van der Waals surface area contributed by atoms with Crippen LogP contribution in [0.4, 0.5) is 0 Å². The summed E-state index contributed by atoms with van der Waals surface area (Å²) in [5.41, 5.74) is 1.43. The first-order valence-corrected chi connectivity index (χ1v) is 9.57. The lowest BCUT2D eigenvalue weighted by Gasteiger charge is -2.21. The molecule has 7 nitrogen and oxygen atoms in total. The second-order valence-corrected chi connectivity index (χ2v) is 7.29. The molecule has 146 valence electrons. The van der Waals surface area contributed by atoms with Gasteiger partial charge < -0.3 is 20.5 Å². The van der Waals surface area contributed by atoms with Crippen molar-refractivity contribution in [1.29, 1.82) is 0 Å². The Morgan fingerprint density at radius 2 is 1.93 bits per heavy atom. The van der Waals surface area contributed by atoms with Crippen LogP contribution in [-0.4, -0.2) is 36.0 Å². The molecule has 1 aromatic rings. The lowest BCUT2D eigenvalue weighted by molar-refractivity contribution is -0.142. The molecule has 2 amide bonds. The first-order chi connectivity index (χ1) is 13.0. The van der Waals surface area contributed by atoms with Crippen LogP contribution in [0.1, 0.15) is 55.7 Å². The Morgan fingerprint density at radius 1 is 1.15 bits per heavy atom. The molecule has 1 aliphatic heterocycles. The maximum Gasteiger partial charge on any atom is 0.330 e. The van der Waals surface area contributed by atoms with Crippen molar-refractivity contribution in [3.63, 3.8) is 0 Å². The fourth-order valence-electron chi connectivity index (χ4n) is 3.79. The van der Waals surface area contributed by atoms with E-state index in [1.807, 2.05) is 0 Å². The van der Waals surface area contributed by atoms with Crippen molar-refractivity contribution in [3.8, 4) is 5.75 Å². The van der Waals surface area contributed by atoms with Crippen molar-refractivity contribution in [3.05, 3.63) is 29.3 Å². The van der Waals surface area contributed by atoms with Crippen molar-refractivity contribution in [2.24, 2.45) is 5.92 Å². The SMILES string of the molecule is O=C(CC1CCCCC1)NCC(=O)NC(C(=O)O)c1ccc2c(c1)CCO2. The Bertz CT molecular complexity index is 712. The molecule has 1 saturated carbocycles. The number of carboxylic acid groups (broad SMARTS) is 1. The van der Waals surface area contributed by atoms with E-state index in [1.54, 1.807) is 18.2 Å². The summed E-state index contributed by atoms with van der Waals surface area (Å²) in [5.74, 6) is -0.670. The van der Waals surface area contributed by atoms with Crippen LogP contribution in [0.2, 0.25) is 0 Å². The van der Waals surface area contributed by atoms with Gasteiger partial charge in [-0.25, -0.2) is 4.79 Å². The lowest BCUT2D eigenvalue weighted by atomic mass is 9.87. The highest BCUT2D eigenvalue weighted by Gasteiger charge is 2.25. The summed E-state index contributed by atoms with van der Waals surface area (Å²) in [6, 6.07) is 3.97. The molecule has 1 fully saturated rings. The Labute approximate surface area is 158 Å². The maximum absolute atomic E-state index is 12.1. The van der Waals surface area contributed by atoms with Crippen LogP contribution in [0.25, 0.3) is 0 Å². The zero-order valence-electron chi connectivity index (χ0n) is 15.3. The molecular weight excluding hydrogens is 348 g/mol. The number of carbonyl (C=O) groups excluding carboxylic acids is 2. The molecular formula is C20H26N2O5. The number of ether oxygens (including phenoxy) is 1. The van der Waals surface area contributed by atoms with E-state index >= 15 is 0 Å². The van der Waals surface area contributed by atoms with Gasteiger partial charge in [0.15, 0.2) is 6.04 Å². The number of hydrogen-bond acceptors (Lipinski definition) is 4. The van der Waals surface area contributed by atoms with E-state index in [-0.39, 0.29) is 12.5 Å². The number of rotatable bonds is 7. The third-order valence-electron chi connectivity index (χ3n) is 5.24. The minimum Gasteiger partial charge on any atom is -0.493 e. The van der Waals surface area contributed by atoms with Crippen LogP contribution in [0.5, 0.6) is 5.75 Å². The molecule has 27 heavy (non-hydrogen) atoms. The van der Waals surface area contributed by atoms with E-state index in [0.29, 0.717) is 24.5 Å². The van der Waals surface area contributed by atoms with Gasteiger partial charge in [0, 0.05) is 12.8 Å². The van der Waals surface area contributed by atoms with Crippen LogP contribution < -0.4 is 15.4 Å². The van der Waals surface area contributed by atoms with E-state index in [1.165, 1.54) is 6.42 Å². The molecule has 1 heterocycles. The zero-order chi connectivity index (χ0) is 19.2. The highest BCUT2D eigenvalue weighted by molar-refractivity contribution is 5.88. The number of hydrogen-bond donors (Lipinski definition) is 3. The van der Waals surface area contributed by atoms with Crippen LogP contribution in [0.3, 0.4) is 0 Å². The van der Waals surface area contributed by atoms with E-state index in [4.69, 9.17) is 4.74 Å². The number of fused-ring (bicyclic) bond motifs is 1. The van der Waals surface area contributed by atoms with Gasteiger partial charge in [-0.15, -0.1) is 0 Å². The van der Waals surface area contributed by atoms with Crippen molar-refractivity contribution in [2.45, 2.75) is 51.0 Å². The fraction of sp³-hybridized carbons (Fsp3) is 0.550. The molecule has 1 aromatic carbocycles. The number of carbonyl (C=O) groups is 3. The normalized spacial score (nSPS) is 17.5. The van der Waals surface area contributed by atoms with Gasteiger partial charge in [-0.1, -0.05) is 25.3 Å². The first kappa shape index (κ1) is 19.2. The summed E-state index contributed by atoms with van der Waals surface area (Å²) in [4.78, 5) is 35.8.